The molecule has 0 spiro atoms. The first-order chi connectivity index (χ1) is 12.6. The van der Waals surface area contributed by atoms with Crippen molar-refractivity contribution in [1.82, 2.24) is 19.2 Å². The van der Waals surface area contributed by atoms with Gasteiger partial charge in [-0.3, -0.25) is 9.20 Å². The van der Waals surface area contributed by atoms with Crippen molar-refractivity contribution in [2.45, 2.75) is 26.3 Å². The molecule has 1 saturated heterocycles. The molecule has 6 heteroatoms. The van der Waals surface area contributed by atoms with Gasteiger partial charge < -0.3 is 9.80 Å². The van der Waals surface area contributed by atoms with Crippen LogP contribution in [0.3, 0.4) is 0 Å². The first-order valence-electron chi connectivity index (χ1n) is 9.12. The predicted molar refractivity (Wildman–Crippen MR) is 106 cm³/mol. The molecule has 1 fully saturated rings. The monoisotopic (exact) mass is 368 g/mol. The molecular weight excluding hydrogens is 344 g/mol. The molecule has 4 rings (SSSR count). The van der Waals surface area contributed by atoms with Crippen LogP contribution in [0.25, 0.3) is 16.2 Å². The van der Waals surface area contributed by atoms with Gasteiger partial charge in [0.15, 0.2) is 4.96 Å². The number of imidazole rings is 1. The number of carbonyl (C=O) groups is 1. The zero-order valence-corrected chi connectivity index (χ0v) is 16.3. The van der Waals surface area contributed by atoms with Gasteiger partial charge in [0.1, 0.15) is 5.69 Å². The lowest BCUT2D eigenvalue weighted by Crippen LogP contribution is -2.52. The fraction of sp³-hybridized carbons (Fsp3) is 0.400. The highest BCUT2D eigenvalue weighted by molar-refractivity contribution is 7.15. The molecule has 0 saturated carbocycles. The van der Waals surface area contributed by atoms with Gasteiger partial charge in [0.05, 0.1) is 5.69 Å². The highest BCUT2D eigenvalue weighted by Crippen LogP contribution is 2.25. The van der Waals surface area contributed by atoms with E-state index in [-0.39, 0.29) is 5.91 Å². The Balaban J connectivity index is 1.62. The van der Waals surface area contributed by atoms with Crippen LogP contribution in [-0.4, -0.2) is 57.8 Å². The number of piperazine rings is 1. The Kier molecular flexibility index (Phi) is 4.54. The van der Waals surface area contributed by atoms with Gasteiger partial charge in [0.25, 0.3) is 5.91 Å². The molecule has 1 aliphatic heterocycles. The molecule has 2 aromatic heterocycles. The van der Waals surface area contributed by atoms with E-state index >= 15 is 0 Å². The van der Waals surface area contributed by atoms with E-state index in [0.717, 1.165) is 42.3 Å². The van der Waals surface area contributed by atoms with E-state index in [4.69, 9.17) is 4.98 Å². The molecule has 5 nitrogen and oxygen atoms in total. The summed E-state index contributed by atoms with van der Waals surface area (Å²) in [7, 11) is 2.11. The van der Waals surface area contributed by atoms with Crippen LogP contribution in [0.2, 0.25) is 0 Å². The molecule has 1 amide bonds. The Morgan fingerprint density at radius 3 is 2.73 bits per heavy atom. The Hall–Kier alpha value is -2.18. The molecule has 26 heavy (non-hydrogen) atoms. The third-order valence-corrected chi connectivity index (χ3v) is 6.17. The average molecular weight is 369 g/mol. The predicted octanol–water partition coefficient (Wildman–Crippen LogP) is 3.40. The van der Waals surface area contributed by atoms with Gasteiger partial charge in [-0.25, -0.2) is 4.98 Å². The van der Waals surface area contributed by atoms with Crippen LogP contribution in [0.1, 0.15) is 29.9 Å². The maximum atomic E-state index is 13.0. The summed E-state index contributed by atoms with van der Waals surface area (Å²) in [6.07, 6.45) is 3.01. The lowest BCUT2D eigenvalue weighted by Gasteiger charge is -2.37. The van der Waals surface area contributed by atoms with Crippen molar-refractivity contribution in [3.63, 3.8) is 0 Å². The highest BCUT2D eigenvalue weighted by atomic mass is 32.1. The maximum absolute atomic E-state index is 13.0. The van der Waals surface area contributed by atoms with Gasteiger partial charge in [-0.15, -0.1) is 11.3 Å². The van der Waals surface area contributed by atoms with Crippen molar-refractivity contribution >= 4 is 22.2 Å². The fourth-order valence-electron chi connectivity index (χ4n) is 3.38. The van der Waals surface area contributed by atoms with E-state index in [0.29, 0.717) is 11.7 Å². The van der Waals surface area contributed by atoms with E-state index in [1.165, 1.54) is 16.9 Å². The topological polar surface area (TPSA) is 40.9 Å². The Morgan fingerprint density at radius 2 is 2.04 bits per heavy atom. The number of nitrogens with zero attached hydrogens (tertiary/aromatic N) is 4. The van der Waals surface area contributed by atoms with Crippen molar-refractivity contribution < 1.29 is 4.79 Å². The number of aryl methyl sites for hydroxylation is 1. The quantitative estimate of drug-likeness (QED) is 0.711. The molecule has 0 N–H and O–H groups in total. The van der Waals surface area contributed by atoms with Crippen molar-refractivity contribution in [3.8, 4) is 11.3 Å². The zero-order valence-electron chi connectivity index (χ0n) is 15.5. The molecule has 1 atom stereocenters. The normalized spacial score (nSPS) is 18.6. The van der Waals surface area contributed by atoms with Gasteiger partial charge >= 0.3 is 0 Å². The molecule has 0 bridgehead atoms. The minimum atomic E-state index is 0.0986. The number of carbonyl (C=O) groups excluding carboxylic acids is 1. The lowest BCUT2D eigenvalue weighted by molar-refractivity contribution is 0.0566. The first kappa shape index (κ1) is 17.2. The summed E-state index contributed by atoms with van der Waals surface area (Å²) in [4.78, 5) is 22.9. The SMILES string of the molecule is CCc1ccc(-c2cn3c(C(=O)N4CCN(C)C(C)C4)csc3n2)cc1. The van der Waals surface area contributed by atoms with Crippen molar-refractivity contribution in [2.75, 3.05) is 26.7 Å². The zero-order chi connectivity index (χ0) is 18.3. The molecule has 0 aliphatic carbocycles. The summed E-state index contributed by atoms with van der Waals surface area (Å²) >= 11 is 1.52. The van der Waals surface area contributed by atoms with Crippen LogP contribution < -0.4 is 0 Å². The van der Waals surface area contributed by atoms with E-state index in [2.05, 4.69) is 50.1 Å². The van der Waals surface area contributed by atoms with E-state index < -0.39 is 0 Å². The summed E-state index contributed by atoms with van der Waals surface area (Å²) < 4.78 is 1.94. The second-order valence-electron chi connectivity index (χ2n) is 7.03. The van der Waals surface area contributed by atoms with Gasteiger partial charge in [-0.2, -0.15) is 0 Å². The molecule has 3 aromatic rings. The molecule has 0 radical (unpaired) electrons. The largest absolute Gasteiger partial charge is 0.334 e. The smallest absolute Gasteiger partial charge is 0.271 e. The Bertz CT molecular complexity index is 927. The van der Waals surface area contributed by atoms with Crippen LogP contribution >= 0.6 is 11.3 Å². The number of thiazole rings is 1. The maximum Gasteiger partial charge on any atom is 0.271 e. The molecular formula is C20H24N4OS. The standard InChI is InChI=1S/C20H24N4OS/c1-4-15-5-7-16(8-6-15)17-12-24-18(13-26-20(24)21-17)19(25)23-10-9-22(3)14(2)11-23/h5-8,12-14H,4,9-11H2,1-3H3. The Labute approximate surface area is 157 Å². The Morgan fingerprint density at radius 1 is 1.27 bits per heavy atom. The number of likely N-dealkylation sites (N-methyl/N-ethyl adjacent to an activating group) is 1. The second kappa shape index (κ2) is 6.85. The molecule has 1 aliphatic rings. The van der Waals surface area contributed by atoms with Crippen LogP contribution in [0.15, 0.2) is 35.8 Å². The van der Waals surface area contributed by atoms with E-state index in [1.54, 1.807) is 0 Å². The van der Waals surface area contributed by atoms with E-state index in [9.17, 15) is 4.79 Å². The summed E-state index contributed by atoms with van der Waals surface area (Å²) in [5.74, 6) is 0.0986. The third kappa shape index (κ3) is 3.04. The highest BCUT2D eigenvalue weighted by Gasteiger charge is 2.27. The number of hydrogen-bond acceptors (Lipinski definition) is 4. The summed E-state index contributed by atoms with van der Waals surface area (Å²) in [5.41, 5.74) is 4.03. The minimum Gasteiger partial charge on any atom is -0.334 e. The summed E-state index contributed by atoms with van der Waals surface area (Å²) in [6, 6.07) is 8.88. The van der Waals surface area contributed by atoms with E-state index in [1.807, 2.05) is 20.9 Å². The lowest BCUT2D eigenvalue weighted by atomic mass is 10.1. The van der Waals surface area contributed by atoms with Crippen molar-refractivity contribution in [2.24, 2.45) is 0 Å². The molecule has 1 unspecified atom stereocenters. The number of benzene rings is 1. The molecule has 3 heterocycles. The van der Waals surface area contributed by atoms with Crippen LogP contribution in [0.4, 0.5) is 0 Å². The second-order valence-corrected chi connectivity index (χ2v) is 7.87. The first-order valence-corrected chi connectivity index (χ1v) is 10.00. The fourth-order valence-corrected chi connectivity index (χ4v) is 4.23. The van der Waals surface area contributed by atoms with Gasteiger partial charge in [-0.1, -0.05) is 31.2 Å². The molecule has 1 aromatic carbocycles. The number of amides is 1. The molecule has 136 valence electrons. The van der Waals surface area contributed by atoms with Crippen molar-refractivity contribution in [1.29, 1.82) is 0 Å². The third-order valence-electron chi connectivity index (χ3n) is 5.33. The number of fused-ring (bicyclic) bond motifs is 1. The number of rotatable bonds is 3. The summed E-state index contributed by atoms with van der Waals surface area (Å²) in [6.45, 7) is 6.78. The van der Waals surface area contributed by atoms with Crippen LogP contribution in [0, 0.1) is 0 Å². The number of aromatic nitrogens is 2. The minimum absolute atomic E-state index is 0.0986. The average Bonchev–Trinajstić information content (AvgIpc) is 3.24. The van der Waals surface area contributed by atoms with Crippen LogP contribution in [0.5, 0.6) is 0 Å². The number of hydrogen-bond donors (Lipinski definition) is 0. The van der Waals surface area contributed by atoms with Gasteiger partial charge in [0, 0.05) is 42.8 Å². The van der Waals surface area contributed by atoms with Crippen molar-refractivity contribution in [3.05, 3.63) is 47.1 Å². The van der Waals surface area contributed by atoms with Gasteiger partial charge in [0.2, 0.25) is 0 Å². The van der Waals surface area contributed by atoms with Gasteiger partial charge in [-0.05, 0) is 26.0 Å². The summed E-state index contributed by atoms with van der Waals surface area (Å²) in [5, 5.41) is 1.93. The van der Waals surface area contributed by atoms with Crippen LogP contribution in [-0.2, 0) is 6.42 Å².